The summed E-state index contributed by atoms with van der Waals surface area (Å²) in [5, 5.41) is 11.5. The molecule has 3 aromatic rings. The Bertz CT molecular complexity index is 766. The van der Waals surface area contributed by atoms with Gasteiger partial charge in [-0.05, 0) is 24.3 Å². The minimum absolute atomic E-state index is 0.789. The summed E-state index contributed by atoms with van der Waals surface area (Å²) < 4.78 is 6.92. The standard InChI is InChI=1S/C13H8BrN3O/c14-7-5-9-12-11(6-7)18-10-4-2-1-3-8(10)15-13(12)17-16-9/h1-6H,(H2,15,16,17). The van der Waals surface area contributed by atoms with Crippen molar-refractivity contribution < 1.29 is 4.74 Å². The van der Waals surface area contributed by atoms with Crippen LogP contribution in [0.3, 0.4) is 0 Å². The van der Waals surface area contributed by atoms with E-state index in [4.69, 9.17) is 4.74 Å². The van der Waals surface area contributed by atoms with E-state index in [1.54, 1.807) is 0 Å². The van der Waals surface area contributed by atoms with Gasteiger partial charge in [0.2, 0.25) is 0 Å². The number of nitrogens with one attached hydrogen (secondary N) is 2. The van der Waals surface area contributed by atoms with E-state index in [2.05, 4.69) is 31.4 Å². The van der Waals surface area contributed by atoms with Gasteiger partial charge in [-0.15, -0.1) is 0 Å². The fourth-order valence-corrected chi connectivity index (χ4v) is 2.60. The Morgan fingerprint density at radius 1 is 1.11 bits per heavy atom. The van der Waals surface area contributed by atoms with E-state index in [0.717, 1.165) is 38.4 Å². The molecule has 0 amide bonds. The number of hydrogen-bond donors (Lipinski definition) is 2. The van der Waals surface area contributed by atoms with Crippen LogP contribution in [-0.2, 0) is 0 Å². The van der Waals surface area contributed by atoms with Crippen LogP contribution in [0.4, 0.5) is 11.5 Å². The fourth-order valence-electron chi connectivity index (χ4n) is 2.16. The second-order valence-electron chi connectivity index (χ2n) is 4.12. The van der Waals surface area contributed by atoms with Crippen LogP contribution in [0, 0.1) is 0 Å². The number of benzene rings is 2. The van der Waals surface area contributed by atoms with E-state index >= 15 is 0 Å². The number of aromatic nitrogens is 2. The number of para-hydroxylation sites is 2. The van der Waals surface area contributed by atoms with Crippen molar-refractivity contribution >= 4 is 38.3 Å². The van der Waals surface area contributed by atoms with Gasteiger partial charge in [0.15, 0.2) is 11.6 Å². The largest absolute Gasteiger partial charge is 0.454 e. The van der Waals surface area contributed by atoms with Gasteiger partial charge in [-0.3, -0.25) is 5.10 Å². The van der Waals surface area contributed by atoms with E-state index in [-0.39, 0.29) is 0 Å². The molecular weight excluding hydrogens is 294 g/mol. The second kappa shape index (κ2) is 3.49. The topological polar surface area (TPSA) is 49.9 Å². The average Bonchev–Trinajstić information content (AvgIpc) is 2.67. The lowest BCUT2D eigenvalue weighted by Gasteiger charge is -2.07. The highest BCUT2D eigenvalue weighted by molar-refractivity contribution is 9.10. The number of aromatic amines is 1. The van der Waals surface area contributed by atoms with Crippen LogP contribution in [-0.4, -0.2) is 10.2 Å². The Morgan fingerprint density at radius 2 is 2.00 bits per heavy atom. The zero-order chi connectivity index (χ0) is 12.1. The first-order valence-corrected chi connectivity index (χ1v) is 6.32. The molecule has 88 valence electrons. The van der Waals surface area contributed by atoms with E-state index < -0.39 is 0 Å². The van der Waals surface area contributed by atoms with E-state index in [1.165, 1.54) is 0 Å². The predicted octanol–water partition coefficient (Wildman–Crippen LogP) is 4.17. The summed E-state index contributed by atoms with van der Waals surface area (Å²) in [6.07, 6.45) is 0. The molecule has 0 radical (unpaired) electrons. The highest BCUT2D eigenvalue weighted by Gasteiger charge is 2.19. The van der Waals surface area contributed by atoms with Gasteiger partial charge < -0.3 is 10.1 Å². The number of H-pyrrole nitrogens is 1. The van der Waals surface area contributed by atoms with Crippen LogP contribution in [0.25, 0.3) is 10.9 Å². The van der Waals surface area contributed by atoms with Crippen molar-refractivity contribution in [2.24, 2.45) is 0 Å². The molecule has 0 fully saturated rings. The van der Waals surface area contributed by atoms with E-state index in [0.29, 0.717) is 0 Å². The number of nitrogens with zero attached hydrogens (tertiary/aromatic N) is 1. The van der Waals surface area contributed by atoms with Gasteiger partial charge in [0.05, 0.1) is 16.6 Å². The van der Waals surface area contributed by atoms with Gasteiger partial charge in [-0.2, -0.15) is 5.10 Å². The molecule has 1 aromatic heterocycles. The Labute approximate surface area is 111 Å². The van der Waals surface area contributed by atoms with Gasteiger partial charge in [0.1, 0.15) is 5.75 Å². The fraction of sp³-hybridized carbons (Fsp3) is 0. The number of halogens is 1. The Morgan fingerprint density at radius 3 is 2.94 bits per heavy atom. The maximum Gasteiger partial charge on any atom is 0.164 e. The molecule has 2 heterocycles. The van der Waals surface area contributed by atoms with Crippen molar-refractivity contribution in [3.63, 3.8) is 0 Å². The highest BCUT2D eigenvalue weighted by atomic mass is 79.9. The van der Waals surface area contributed by atoms with Crippen molar-refractivity contribution in [1.82, 2.24) is 10.2 Å². The lowest BCUT2D eigenvalue weighted by molar-refractivity contribution is 0.492. The molecule has 2 aromatic carbocycles. The molecule has 2 N–H and O–H groups in total. The molecule has 0 saturated heterocycles. The third-order valence-corrected chi connectivity index (χ3v) is 3.41. The van der Waals surface area contributed by atoms with Crippen molar-refractivity contribution in [3.8, 4) is 11.5 Å². The highest BCUT2D eigenvalue weighted by Crippen LogP contribution is 2.43. The monoisotopic (exact) mass is 301 g/mol. The summed E-state index contributed by atoms with van der Waals surface area (Å²) in [6, 6.07) is 11.7. The Balaban J connectivity index is 2.06. The zero-order valence-electron chi connectivity index (χ0n) is 9.20. The summed E-state index contributed by atoms with van der Waals surface area (Å²) in [5.74, 6) is 2.38. The Hall–Kier alpha value is -2.01. The molecule has 4 rings (SSSR count). The van der Waals surface area contributed by atoms with Gasteiger partial charge >= 0.3 is 0 Å². The summed E-state index contributed by atoms with van der Waals surface area (Å²) in [4.78, 5) is 0. The van der Waals surface area contributed by atoms with Crippen LogP contribution in [0.1, 0.15) is 0 Å². The summed E-state index contributed by atoms with van der Waals surface area (Å²) in [6.45, 7) is 0. The van der Waals surface area contributed by atoms with Gasteiger partial charge in [-0.1, -0.05) is 28.1 Å². The molecule has 18 heavy (non-hydrogen) atoms. The molecular formula is C13H8BrN3O. The molecule has 1 aliphatic rings. The second-order valence-corrected chi connectivity index (χ2v) is 5.04. The smallest absolute Gasteiger partial charge is 0.164 e. The van der Waals surface area contributed by atoms with Crippen LogP contribution in [0.5, 0.6) is 11.5 Å². The number of hydrogen-bond acceptors (Lipinski definition) is 3. The molecule has 0 bridgehead atoms. The van der Waals surface area contributed by atoms with Crippen LogP contribution in [0.2, 0.25) is 0 Å². The molecule has 5 heteroatoms. The molecule has 0 spiro atoms. The molecule has 0 saturated carbocycles. The molecule has 4 nitrogen and oxygen atoms in total. The SMILES string of the molecule is Brc1cc2c3c(n[nH]c3c1)Nc1ccccc1O2. The first kappa shape index (κ1) is 9.96. The maximum absolute atomic E-state index is 5.96. The van der Waals surface area contributed by atoms with Gasteiger partial charge in [0.25, 0.3) is 0 Å². The van der Waals surface area contributed by atoms with E-state index in [9.17, 15) is 0 Å². The van der Waals surface area contributed by atoms with Crippen LogP contribution >= 0.6 is 15.9 Å². The average molecular weight is 302 g/mol. The predicted molar refractivity (Wildman–Crippen MR) is 73.6 cm³/mol. The zero-order valence-corrected chi connectivity index (χ0v) is 10.8. The van der Waals surface area contributed by atoms with Gasteiger partial charge in [-0.25, -0.2) is 0 Å². The van der Waals surface area contributed by atoms with Crippen molar-refractivity contribution in [1.29, 1.82) is 0 Å². The third kappa shape index (κ3) is 1.34. The summed E-state index contributed by atoms with van der Waals surface area (Å²) in [5.41, 5.74) is 1.85. The van der Waals surface area contributed by atoms with Crippen LogP contribution in [0.15, 0.2) is 40.9 Å². The first-order chi connectivity index (χ1) is 8.81. The van der Waals surface area contributed by atoms with E-state index in [1.807, 2.05) is 36.4 Å². The van der Waals surface area contributed by atoms with Crippen LogP contribution < -0.4 is 10.1 Å². The normalized spacial score (nSPS) is 12.5. The first-order valence-electron chi connectivity index (χ1n) is 5.53. The maximum atomic E-state index is 5.96. The molecule has 1 aliphatic heterocycles. The Kier molecular flexibility index (Phi) is 1.93. The number of ether oxygens (including phenoxy) is 1. The minimum atomic E-state index is 0.789. The quantitative estimate of drug-likeness (QED) is 0.512. The molecule has 0 atom stereocenters. The number of fused-ring (bicyclic) bond motifs is 1. The van der Waals surface area contributed by atoms with Crippen molar-refractivity contribution in [2.75, 3.05) is 5.32 Å². The number of rotatable bonds is 0. The lowest BCUT2D eigenvalue weighted by Crippen LogP contribution is -1.90. The summed E-state index contributed by atoms with van der Waals surface area (Å²) >= 11 is 3.47. The number of anilines is 2. The van der Waals surface area contributed by atoms with Crippen molar-refractivity contribution in [3.05, 3.63) is 40.9 Å². The van der Waals surface area contributed by atoms with Crippen molar-refractivity contribution in [2.45, 2.75) is 0 Å². The third-order valence-electron chi connectivity index (χ3n) is 2.95. The molecule has 0 unspecified atom stereocenters. The minimum Gasteiger partial charge on any atom is -0.454 e. The lowest BCUT2D eigenvalue weighted by atomic mass is 10.2. The van der Waals surface area contributed by atoms with Gasteiger partial charge in [0, 0.05) is 4.47 Å². The molecule has 0 aliphatic carbocycles. The summed E-state index contributed by atoms with van der Waals surface area (Å²) in [7, 11) is 0.